The first kappa shape index (κ1) is 15.9. The normalized spacial score (nSPS) is 18.5. The average Bonchev–Trinajstić information content (AvgIpc) is 3.27. The Morgan fingerprint density at radius 3 is 1.77 bits per heavy atom. The van der Waals surface area contributed by atoms with E-state index < -0.39 is 5.54 Å². The van der Waals surface area contributed by atoms with Crippen LogP contribution in [0.15, 0.2) is 97.1 Å². The molecule has 0 fully saturated rings. The molecular weight excluding hydrogens is 366 g/mol. The molecule has 1 atom stereocenters. The fourth-order valence-corrected chi connectivity index (χ4v) is 5.70. The van der Waals surface area contributed by atoms with Crippen LogP contribution in [0, 0.1) is 0 Å². The summed E-state index contributed by atoms with van der Waals surface area (Å²) in [6.45, 7) is 0. The Hall–Kier alpha value is -3.91. The van der Waals surface area contributed by atoms with E-state index in [4.69, 9.17) is 0 Å². The van der Waals surface area contributed by atoms with Crippen molar-refractivity contribution in [2.75, 3.05) is 0 Å². The van der Waals surface area contributed by atoms with Crippen LogP contribution in [0.5, 0.6) is 0 Å². The first-order valence-electron chi connectivity index (χ1n) is 10.3. The van der Waals surface area contributed by atoms with Crippen molar-refractivity contribution in [3.63, 3.8) is 0 Å². The van der Waals surface area contributed by atoms with Gasteiger partial charge in [0.25, 0.3) is 5.91 Å². The lowest BCUT2D eigenvalue weighted by molar-refractivity contribution is 0.0949. The highest BCUT2D eigenvalue weighted by Crippen LogP contribution is 2.58. The second-order valence-corrected chi connectivity index (χ2v) is 8.14. The SMILES string of the molecule is O=C1NC2(c3ccccc31)c1ccccc1-c1c2c2ccccc2c2ccccc12. The smallest absolute Gasteiger partial charge is 0.252 e. The summed E-state index contributed by atoms with van der Waals surface area (Å²) in [5.74, 6) is -0.00880. The molecule has 2 nitrogen and oxygen atoms in total. The molecule has 0 saturated heterocycles. The highest BCUT2D eigenvalue weighted by Gasteiger charge is 2.52. The second-order valence-electron chi connectivity index (χ2n) is 8.14. The quantitative estimate of drug-likeness (QED) is 0.326. The Kier molecular flexibility index (Phi) is 2.85. The molecule has 1 unspecified atom stereocenters. The lowest BCUT2D eigenvalue weighted by Gasteiger charge is -2.30. The molecule has 30 heavy (non-hydrogen) atoms. The van der Waals surface area contributed by atoms with Crippen molar-refractivity contribution in [2.45, 2.75) is 5.54 Å². The summed E-state index contributed by atoms with van der Waals surface area (Å²) in [6, 6.07) is 33.7. The van der Waals surface area contributed by atoms with Gasteiger partial charge in [-0.05, 0) is 49.9 Å². The highest BCUT2D eigenvalue weighted by molar-refractivity contribution is 6.19. The molecule has 0 radical (unpaired) electrons. The van der Waals surface area contributed by atoms with Crippen molar-refractivity contribution in [3.8, 4) is 11.1 Å². The van der Waals surface area contributed by atoms with Crippen LogP contribution in [0.25, 0.3) is 32.7 Å². The van der Waals surface area contributed by atoms with Crippen molar-refractivity contribution >= 4 is 27.5 Å². The summed E-state index contributed by atoms with van der Waals surface area (Å²) in [5, 5.41) is 8.32. The van der Waals surface area contributed by atoms with Gasteiger partial charge in [0.2, 0.25) is 0 Å². The lowest BCUT2D eigenvalue weighted by Crippen LogP contribution is -2.40. The molecule has 1 N–H and O–H groups in total. The number of nitrogens with one attached hydrogen (secondary N) is 1. The van der Waals surface area contributed by atoms with Gasteiger partial charge in [0.15, 0.2) is 0 Å². The van der Waals surface area contributed by atoms with Gasteiger partial charge in [0, 0.05) is 11.1 Å². The number of fused-ring (bicyclic) bond motifs is 12. The van der Waals surface area contributed by atoms with Gasteiger partial charge in [0.1, 0.15) is 5.54 Å². The van der Waals surface area contributed by atoms with E-state index >= 15 is 0 Å². The van der Waals surface area contributed by atoms with Crippen molar-refractivity contribution in [1.29, 1.82) is 0 Å². The summed E-state index contributed by atoms with van der Waals surface area (Å²) in [5.41, 5.74) is 5.92. The van der Waals surface area contributed by atoms with E-state index in [2.05, 4.69) is 84.2 Å². The zero-order chi connectivity index (χ0) is 19.9. The van der Waals surface area contributed by atoms with Gasteiger partial charge in [-0.2, -0.15) is 0 Å². The van der Waals surface area contributed by atoms with E-state index in [-0.39, 0.29) is 5.91 Å². The van der Waals surface area contributed by atoms with Gasteiger partial charge in [-0.3, -0.25) is 4.79 Å². The Labute approximate surface area is 173 Å². The van der Waals surface area contributed by atoms with E-state index in [1.165, 1.54) is 38.2 Å². The molecule has 1 aliphatic carbocycles. The van der Waals surface area contributed by atoms with Crippen LogP contribution in [0.3, 0.4) is 0 Å². The zero-order valence-corrected chi connectivity index (χ0v) is 16.1. The largest absolute Gasteiger partial charge is 0.334 e. The number of carbonyl (C=O) groups excluding carboxylic acids is 1. The average molecular weight is 383 g/mol. The molecule has 1 aliphatic heterocycles. The topological polar surface area (TPSA) is 29.1 Å². The molecule has 1 spiro atoms. The molecule has 7 rings (SSSR count). The molecule has 140 valence electrons. The first-order chi connectivity index (χ1) is 14.8. The van der Waals surface area contributed by atoms with Crippen molar-refractivity contribution in [3.05, 3.63) is 119 Å². The summed E-state index contributed by atoms with van der Waals surface area (Å²) in [6.07, 6.45) is 0. The molecule has 5 aromatic carbocycles. The van der Waals surface area contributed by atoms with Gasteiger partial charge in [-0.15, -0.1) is 0 Å². The second kappa shape index (κ2) is 5.37. The standard InChI is InChI=1S/C28H17NO/c30-27-22-14-6-8-16-24(22)28(29-27)23-15-7-5-13-21(23)25-19-11-3-1-9-17(19)18-10-2-4-12-20(18)26(25)28/h1-16H,(H,29,30). The minimum atomic E-state index is -0.663. The Balaban J connectivity index is 1.79. The van der Waals surface area contributed by atoms with E-state index in [0.29, 0.717) is 0 Å². The third-order valence-corrected chi connectivity index (χ3v) is 6.79. The first-order valence-corrected chi connectivity index (χ1v) is 10.3. The highest BCUT2D eigenvalue weighted by atomic mass is 16.2. The van der Waals surface area contributed by atoms with Gasteiger partial charge in [-0.1, -0.05) is 91.0 Å². The van der Waals surface area contributed by atoms with Crippen LogP contribution in [-0.2, 0) is 5.54 Å². The monoisotopic (exact) mass is 383 g/mol. The maximum Gasteiger partial charge on any atom is 0.252 e. The van der Waals surface area contributed by atoms with Crippen LogP contribution >= 0.6 is 0 Å². The van der Waals surface area contributed by atoms with E-state index in [1.807, 2.05) is 18.2 Å². The molecular formula is C28H17NO. The Bertz CT molecular complexity index is 1550. The fourth-order valence-electron chi connectivity index (χ4n) is 5.70. The summed E-state index contributed by atoms with van der Waals surface area (Å²) in [4.78, 5) is 13.1. The van der Waals surface area contributed by atoms with Crippen molar-refractivity contribution < 1.29 is 4.79 Å². The van der Waals surface area contributed by atoms with Crippen LogP contribution in [0.4, 0.5) is 0 Å². The van der Waals surface area contributed by atoms with Gasteiger partial charge in [0.05, 0.1) is 0 Å². The minimum Gasteiger partial charge on any atom is -0.334 e. The summed E-state index contributed by atoms with van der Waals surface area (Å²) < 4.78 is 0. The molecule has 0 aromatic heterocycles. The Morgan fingerprint density at radius 2 is 1.03 bits per heavy atom. The molecule has 0 saturated carbocycles. The third kappa shape index (κ3) is 1.69. The number of amides is 1. The van der Waals surface area contributed by atoms with Crippen LogP contribution in [0.1, 0.15) is 27.0 Å². The number of carbonyl (C=O) groups is 1. The summed E-state index contributed by atoms with van der Waals surface area (Å²) >= 11 is 0. The molecule has 0 bridgehead atoms. The minimum absolute atomic E-state index is 0.00880. The molecule has 2 aliphatic rings. The predicted molar refractivity (Wildman–Crippen MR) is 121 cm³/mol. The van der Waals surface area contributed by atoms with E-state index in [0.717, 1.165) is 16.7 Å². The van der Waals surface area contributed by atoms with Crippen LogP contribution in [-0.4, -0.2) is 5.91 Å². The molecule has 5 aromatic rings. The van der Waals surface area contributed by atoms with Crippen molar-refractivity contribution in [2.24, 2.45) is 0 Å². The van der Waals surface area contributed by atoms with E-state index in [1.54, 1.807) is 0 Å². The van der Waals surface area contributed by atoms with Gasteiger partial charge >= 0.3 is 0 Å². The lowest BCUT2D eigenvalue weighted by atomic mass is 9.79. The molecule has 1 heterocycles. The third-order valence-electron chi connectivity index (χ3n) is 6.79. The maximum atomic E-state index is 13.1. The number of hydrogen-bond donors (Lipinski definition) is 1. The summed E-state index contributed by atoms with van der Waals surface area (Å²) in [7, 11) is 0. The predicted octanol–water partition coefficient (Wildman–Crippen LogP) is 6.01. The van der Waals surface area contributed by atoms with Gasteiger partial charge < -0.3 is 5.32 Å². The zero-order valence-electron chi connectivity index (χ0n) is 16.1. The van der Waals surface area contributed by atoms with Crippen LogP contribution in [0.2, 0.25) is 0 Å². The van der Waals surface area contributed by atoms with Crippen LogP contribution < -0.4 is 5.32 Å². The number of benzene rings is 5. The van der Waals surface area contributed by atoms with Crippen molar-refractivity contribution in [1.82, 2.24) is 5.32 Å². The van der Waals surface area contributed by atoms with E-state index in [9.17, 15) is 4.79 Å². The number of hydrogen-bond acceptors (Lipinski definition) is 1. The number of rotatable bonds is 0. The molecule has 1 amide bonds. The maximum absolute atomic E-state index is 13.1. The Morgan fingerprint density at radius 1 is 0.533 bits per heavy atom. The fraction of sp³-hybridized carbons (Fsp3) is 0.0357. The molecule has 2 heteroatoms. The van der Waals surface area contributed by atoms with Gasteiger partial charge in [-0.25, -0.2) is 0 Å².